The second-order valence-corrected chi connectivity index (χ2v) is 9.69. The number of pyridine rings is 1. The van der Waals surface area contributed by atoms with Crippen LogP contribution in [-0.4, -0.2) is 23.2 Å². The first-order valence-corrected chi connectivity index (χ1v) is 13.4. The van der Waals surface area contributed by atoms with E-state index >= 15 is 0 Å². The summed E-state index contributed by atoms with van der Waals surface area (Å²) in [4.78, 5) is 15.5. The Bertz CT molecular complexity index is 1110. The summed E-state index contributed by atoms with van der Waals surface area (Å²) in [6.45, 7) is 11.1. The zero-order valence-electron chi connectivity index (χ0n) is 23.3. The molecule has 5 heteroatoms. The molecule has 3 aromatic rings. The normalized spacial score (nSPS) is 12.1. The molecule has 0 radical (unpaired) electrons. The van der Waals surface area contributed by atoms with E-state index in [4.69, 9.17) is 19.6 Å². The number of aromatic nitrogens is 1. The number of carboxylic acids is 1. The molecule has 0 amide bonds. The lowest BCUT2D eigenvalue weighted by molar-refractivity contribution is -0.136. The lowest BCUT2D eigenvalue weighted by Gasteiger charge is -2.14. The third-order valence-corrected chi connectivity index (χ3v) is 5.80. The molecule has 1 fully saturated rings. The highest BCUT2D eigenvalue weighted by Crippen LogP contribution is 2.29. The molecule has 0 atom stereocenters. The van der Waals surface area contributed by atoms with Gasteiger partial charge in [0.1, 0.15) is 18.1 Å². The highest BCUT2D eigenvalue weighted by molar-refractivity contribution is 5.67. The SMILES string of the molecule is CC.CC1CC1.COc1cccc(-c2ncc(OCc3cccc(CCC(=O)O)c3)cc2CC(C)C)c1. The number of rotatable bonds is 10. The standard InChI is InChI=1S/C26H29NO4.C4H8.C2H6/c1-18(2)12-22-15-24(16-27-26(22)21-8-5-9-23(14-21)30-3)31-17-20-7-4-6-19(13-20)10-11-25(28)29;1-4-2-3-4;1-2/h4-9,13-16,18H,10-12,17H2,1-3H3,(H,28,29);4H,2-3H2,1H3;1-2H3. The minimum absolute atomic E-state index is 0.124. The van der Waals surface area contributed by atoms with Gasteiger partial charge >= 0.3 is 5.97 Å². The quantitative estimate of drug-likeness (QED) is 0.302. The van der Waals surface area contributed by atoms with Gasteiger partial charge in [0.25, 0.3) is 0 Å². The summed E-state index contributed by atoms with van der Waals surface area (Å²) in [5.41, 5.74) is 5.10. The van der Waals surface area contributed by atoms with Crippen molar-refractivity contribution in [2.75, 3.05) is 7.11 Å². The number of carboxylic acid groups (broad SMARTS) is 1. The van der Waals surface area contributed by atoms with Crippen molar-refractivity contribution in [2.45, 2.75) is 73.3 Å². The van der Waals surface area contributed by atoms with Gasteiger partial charge in [-0.1, -0.05) is 83.9 Å². The van der Waals surface area contributed by atoms with E-state index in [1.807, 2.05) is 62.4 Å². The van der Waals surface area contributed by atoms with Crippen LogP contribution in [0, 0.1) is 11.8 Å². The van der Waals surface area contributed by atoms with Gasteiger partial charge in [-0.15, -0.1) is 0 Å². The number of benzene rings is 2. The van der Waals surface area contributed by atoms with E-state index in [9.17, 15) is 4.79 Å². The molecule has 1 heterocycles. The van der Waals surface area contributed by atoms with E-state index in [0.717, 1.165) is 51.8 Å². The third-order valence-electron chi connectivity index (χ3n) is 5.80. The lowest BCUT2D eigenvalue weighted by Crippen LogP contribution is -2.03. The van der Waals surface area contributed by atoms with E-state index < -0.39 is 5.97 Å². The number of hydrogen-bond acceptors (Lipinski definition) is 4. The molecule has 0 spiro atoms. The van der Waals surface area contributed by atoms with Crippen molar-refractivity contribution in [3.05, 3.63) is 77.5 Å². The van der Waals surface area contributed by atoms with Crippen molar-refractivity contribution < 1.29 is 19.4 Å². The number of nitrogens with zero attached hydrogens (tertiary/aromatic N) is 1. The molecule has 2 aromatic carbocycles. The Morgan fingerprint density at radius 2 is 1.70 bits per heavy atom. The Hall–Kier alpha value is -3.34. The number of methoxy groups -OCH3 is 1. The second-order valence-electron chi connectivity index (χ2n) is 9.69. The first-order chi connectivity index (χ1) is 17.8. The summed E-state index contributed by atoms with van der Waals surface area (Å²) in [6.07, 6.45) is 6.26. The Morgan fingerprint density at radius 1 is 1.03 bits per heavy atom. The number of aliphatic carboxylic acids is 1. The first-order valence-electron chi connectivity index (χ1n) is 13.4. The van der Waals surface area contributed by atoms with Gasteiger partial charge in [0.15, 0.2) is 0 Å². The molecule has 0 unspecified atom stereocenters. The number of hydrogen-bond donors (Lipinski definition) is 1. The first kappa shape index (κ1) is 29.9. The Kier molecular flexibility index (Phi) is 12.7. The van der Waals surface area contributed by atoms with Gasteiger partial charge in [0.05, 0.1) is 19.0 Å². The summed E-state index contributed by atoms with van der Waals surface area (Å²) in [5, 5.41) is 8.88. The van der Waals surface area contributed by atoms with E-state index in [-0.39, 0.29) is 6.42 Å². The average molecular weight is 506 g/mol. The van der Waals surface area contributed by atoms with Crippen LogP contribution < -0.4 is 9.47 Å². The fourth-order valence-electron chi connectivity index (χ4n) is 3.65. The summed E-state index contributed by atoms with van der Waals surface area (Å²) < 4.78 is 11.4. The predicted molar refractivity (Wildman–Crippen MR) is 151 cm³/mol. The molecule has 5 nitrogen and oxygen atoms in total. The Morgan fingerprint density at radius 3 is 2.32 bits per heavy atom. The van der Waals surface area contributed by atoms with Gasteiger partial charge in [-0.05, 0) is 59.6 Å². The van der Waals surface area contributed by atoms with Crippen LogP contribution in [0.25, 0.3) is 11.3 Å². The third kappa shape index (κ3) is 11.1. The van der Waals surface area contributed by atoms with Crippen LogP contribution in [0.5, 0.6) is 11.5 Å². The van der Waals surface area contributed by atoms with Crippen LogP contribution in [0.1, 0.15) is 70.6 Å². The monoisotopic (exact) mass is 505 g/mol. The lowest BCUT2D eigenvalue weighted by atomic mass is 9.97. The molecule has 1 saturated carbocycles. The minimum atomic E-state index is -0.790. The van der Waals surface area contributed by atoms with Crippen LogP contribution in [0.2, 0.25) is 0 Å². The van der Waals surface area contributed by atoms with Gasteiger partial charge in [0.2, 0.25) is 0 Å². The van der Waals surface area contributed by atoms with E-state index in [0.29, 0.717) is 18.9 Å². The molecular weight excluding hydrogens is 462 g/mol. The van der Waals surface area contributed by atoms with Crippen molar-refractivity contribution >= 4 is 5.97 Å². The maximum atomic E-state index is 10.8. The second kappa shape index (κ2) is 15.7. The summed E-state index contributed by atoms with van der Waals surface area (Å²) in [6, 6.07) is 17.9. The minimum Gasteiger partial charge on any atom is -0.497 e. The fraction of sp³-hybridized carbons (Fsp3) is 0.438. The van der Waals surface area contributed by atoms with Crippen LogP contribution in [0.4, 0.5) is 0 Å². The fourth-order valence-corrected chi connectivity index (χ4v) is 3.65. The zero-order chi connectivity index (χ0) is 27.2. The number of aryl methyl sites for hydroxylation is 1. The smallest absolute Gasteiger partial charge is 0.303 e. The number of carbonyl (C=O) groups is 1. The van der Waals surface area contributed by atoms with Crippen molar-refractivity contribution in [1.29, 1.82) is 0 Å². The molecule has 1 N–H and O–H groups in total. The highest BCUT2D eigenvalue weighted by Gasteiger charge is 2.13. The molecule has 0 bridgehead atoms. The summed E-state index contributed by atoms with van der Waals surface area (Å²) in [7, 11) is 1.66. The maximum absolute atomic E-state index is 10.8. The van der Waals surface area contributed by atoms with Crippen LogP contribution >= 0.6 is 0 Å². The predicted octanol–water partition coefficient (Wildman–Crippen LogP) is 7.99. The zero-order valence-corrected chi connectivity index (χ0v) is 23.3. The van der Waals surface area contributed by atoms with Crippen molar-refractivity contribution in [3.8, 4) is 22.8 Å². The molecular formula is C32H43NO4. The molecule has 0 aliphatic heterocycles. The van der Waals surface area contributed by atoms with Gasteiger partial charge in [-0.2, -0.15) is 0 Å². The van der Waals surface area contributed by atoms with Crippen molar-refractivity contribution in [2.24, 2.45) is 11.8 Å². The van der Waals surface area contributed by atoms with Crippen molar-refractivity contribution in [3.63, 3.8) is 0 Å². The Balaban J connectivity index is 0.000000716. The van der Waals surface area contributed by atoms with Crippen LogP contribution in [0.3, 0.4) is 0 Å². The van der Waals surface area contributed by atoms with E-state index in [1.165, 1.54) is 12.8 Å². The largest absolute Gasteiger partial charge is 0.497 e. The molecule has 1 aliphatic carbocycles. The average Bonchev–Trinajstić information content (AvgIpc) is 3.70. The van der Waals surface area contributed by atoms with Gasteiger partial charge in [0, 0.05) is 12.0 Å². The molecule has 1 aromatic heterocycles. The molecule has 0 saturated heterocycles. The van der Waals surface area contributed by atoms with Crippen LogP contribution in [0.15, 0.2) is 60.8 Å². The molecule has 37 heavy (non-hydrogen) atoms. The summed E-state index contributed by atoms with van der Waals surface area (Å²) >= 11 is 0. The molecule has 4 rings (SSSR count). The van der Waals surface area contributed by atoms with Gasteiger partial charge in [-0.3, -0.25) is 9.78 Å². The van der Waals surface area contributed by atoms with Gasteiger partial charge in [-0.25, -0.2) is 0 Å². The summed E-state index contributed by atoms with van der Waals surface area (Å²) in [5.74, 6) is 2.30. The van der Waals surface area contributed by atoms with E-state index in [1.54, 1.807) is 13.3 Å². The van der Waals surface area contributed by atoms with Crippen molar-refractivity contribution in [1.82, 2.24) is 4.98 Å². The molecule has 1 aliphatic rings. The topological polar surface area (TPSA) is 68.7 Å². The highest BCUT2D eigenvalue weighted by atomic mass is 16.5. The van der Waals surface area contributed by atoms with Gasteiger partial charge < -0.3 is 14.6 Å². The maximum Gasteiger partial charge on any atom is 0.303 e. The van der Waals surface area contributed by atoms with E-state index in [2.05, 4.69) is 26.8 Å². The molecule has 200 valence electrons. The van der Waals surface area contributed by atoms with Crippen LogP contribution in [-0.2, 0) is 24.2 Å². The number of ether oxygens (including phenoxy) is 2. The Labute approximate surface area is 222 Å².